The molecule has 1 aliphatic heterocycles. The number of carboxylic acid groups (broad SMARTS) is 1. The number of anilines is 2. The first kappa shape index (κ1) is 20.2. The van der Waals surface area contributed by atoms with Crippen molar-refractivity contribution >= 4 is 27.4 Å². The van der Waals surface area contributed by atoms with Gasteiger partial charge >= 0.3 is 5.97 Å². The Kier molecular flexibility index (Phi) is 5.62. The van der Waals surface area contributed by atoms with Crippen LogP contribution < -0.4 is 9.62 Å². The Morgan fingerprint density at radius 2 is 1.68 bits per heavy atom. The lowest BCUT2D eigenvalue weighted by molar-refractivity contribution is 0.0697. The summed E-state index contributed by atoms with van der Waals surface area (Å²) in [6.07, 6.45) is 0. The second-order valence-electron chi connectivity index (χ2n) is 7.18. The molecule has 0 amide bonds. The van der Waals surface area contributed by atoms with Crippen LogP contribution in [0.2, 0.25) is 0 Å². The third kappa shape index (κ3) is 4.28. The molecule has 1 heterocycles. The highest BCUT2D eigenvalue weighted by atomic mass is 32.2. The zero-order valence-electron chi connectivity index (χ0n) is 16.3. The highest BCUT2D eigenvalue weighted by Gasteiger charge is 2.22. The van der Waals surface area contributed by atoms with Crippen LogP contribution in [0.3, 0.4) is 0 Å². The van der Waals surface area contributed by atoms with Crippen molar-refractivity contribution in [1.82, 2.24) is 4.90 Å². The number of aryl methyl sites for hydroxylation is 2. The molecule has 0 radical (unpaired) electrons. The quantitative estimate of drug-likeness (QED) is 0.798. The Balaban J connectivity index is 1.99. The summed E-state index contributed by atoms with van der Waals surface area (Å²) in [6, 6.07) is 9.50. The monoisotopic (exact) mass is 403 g/mol. The average Bonchev–Trinajstić information content (AvgIpc) is 2.64. The lowest BCUT2D eigenvalue weighted by atomic mass is 10.1. The minimum Gasteiger partial charge on any atom is -0.478 e. The number of aromatic carboxylic acids is 1. The van der Waals surface area contributed by atoms with Crippen molar-refractivity contribution in [2.24, 2.45) is 0 Å². The number of carbonyl (C=O) groups is 1. The van der Waals surface area contributed by atoms with Gasteiger partial charge < -0.3 is 14.9 Å². The number of likely N-dealkylation sites (N-methyl/N-ethyl adjacent to an activating group) is 1. The second kappa shape index (κ2) is 7.81. The molecule has 8 heteroatoms. The highest BCUT2D eigenvalue weighted by molar-refractivity contribution is 7.92. The summed E-state index contributed by atoms with van der Waals surface area (Å²) in [5.41, 5.74) is 2.88. The standard InChI is InChI=1S/C20H25N3O4S/c1-14-4-6-17(12-15(14)2)28(26,27)21-18-13-16(20(24)25)5-7-19(18)23-10-8-22(3)9-11-23/h4-7,12-13,21H,8-11H2,1-3H3,(H,24,25). The molecule has 0 atom stereocenters. The van der Waals surface area contributed by atoms with E-state index in [1.807, 2.05) is 20.9 Å². The minimum atomic E-state index is -3.85. The number of hydrogen-bond donors (Lipinski definition) is 2. The predicted molar refractivity (Wildman–Crippen MR) is 110 cm³/mol. The van der Waals surface area contributed by atoms with Crippen molar-refractivity contribution in [1.29, 1.82) is 0 Å². The van der Waals surface area contributed by atoms with E-state index in [1.54, 1.807) is 24.3 Å². The Bertz CT molecular complexity index is 997. The molecule has 28 heavy (non-hydrogen) atoms. The van der Waals surface area contributed by atoms with Crippen LogP contribution in [0.5, 0.6) is 0 Å². The molecule has 1 saturated heterocycles. The van der Waals surface area contributed by atoms with Crippen LogP contribution in [0.15, 0.2) is 41.3 Å². The molecule has 0 spiro atoms. The van der Waals surface area contributed by atoms with Crippen LogP contribution in [0.25, 0.3) is 0 Å². The third-order valence-electron chi connectivity index (χ3n) is 5.12. The van der Waals surface area contributed by atoms with Gasteiger partial charge in [-0.25, -0.2) is 13.2 Å². The second-order valence-corrected chi connectivity index (χ2v) is 8.86. The van der Waals surface area contributed by atoms with Gasteiger partial charge in [0.2, 0.25) is 0 Å². The average molecular weight is 404 g/mol. The lowest BCUT2D eigenvalue weighted by Crippen LogP contribution is -2.44. The van der Waals surface area contributed by atoms with E-state index in [0.717, 1.165) is 37.3 Å². The largest absolute Gasteiger partial charge is 0.478 e. The molecular formula is C20H25N3O4S. The molecule has 1 fully saturated rings. The molecule has 0 unspecified atom stereocenters. The van der Waals surface area contributed by atoms with Crippen LogP contribution in [-0.2, 0) is 10.0 Å². The summed E-state index contributed by atoms with van der Waals surface area (Å²) in [5, 5.41) is 9.33. The Labute approximate surface area is 165 Å². The van der Waals surface area contributed by atoms with E-state index in [1.165, 1.54) is 12.1 Å². The summed E-state index contributed by atoms with van der Waals surface area (Å²) >= 11 is 0. The fourth-order valence-corrected chi connectivity index (χ4v) is 4.31. The topological polar surface area (TPSA) is 89.9 Å². The molecule has 0 saturated carbocycles. The predicted octanol–water partition coefficient (Wildman–Crippen LogP) is 2.55. The van der Waals surface area contributed by atoms with Gasteiger partial charge in [-0.05, 0) is 62.4 Å². The first-order valence-corrected chi connectivity index (χ1v) is 10.6. The van der Waals surface area contributed by atoms with E-state index in [0.29, 0.717) is 5.69 Å². The van der Waals surface area contributed by atoms with Crippen LogP contribution >= 0.6 is 0 Å². The Hall–Kier alpha value is -2.58. The molecule has 0 bridgehead atoms. The third-order valence-corrected chi connectivity index (χ3v) is 6.48. The highest BCUT2D eigenvalue weighted by Crippen LogP contribution is 2.30. The molecule has 3 rings (SSSR count). The number of carboxylic acids is 1. The van der Waals surface area contributed by atoms with Crippen LogP contribution in [0, 0.1) is 13.8 Å². The van der Waals surface area contributed by atoms with E-state index in [4.69, 9.17) is 0 Å². The van der Waals surface area contributed by atoms with Gasteiger partial charge in [0.05, 0.1) is 21.8 Å². The van der Waals surface area contributed by atoms with Crippen molar-refractivity contribution in [2.45, 2.75) is 18.7 Å². The number of sulfonamides is 1. The van der Waals surface area contributed by atoms with Gasteiger partial charge in [-0.3, -0.25) is 4.72 Å². The van der Waals surface area contributed by atoms with Gasteiger partial charge in [0.1, 0.15) is 0 Å². The van der Waals surface area contributed by atoms with Crippen LogP contribution in [0.1, 0.15) is 21.5 Å². The van der Waals surface area contributed by atoms with E-state index in [2.05, 4.69) is 14.5 Å². The molecule has 0 aliphatic carbocycles. The normalized spacial score (nSPS) is 15.5. The van der Waals surface area contributed by atoms with E-state index in [-0.39, 0.29) is 16.1 Å². The minimum absolute atomic E-state index is 0.0377. The van der Waals surface area contributed by atoms with Crippen LogP contribution in [-0.4, -0.2) is 57.6 Å². The number of nitrogens with zero attached hydrogens (tertiary/aromatic N) is 2. The van der Waals surface area contributed by atoms with Crippen LogP contribution in [0.4, 0.5) is 11.4 Å². The Morgan fingerprint density at radius 1 is 1.00 bits per heavy atom. The summed E-state index contributed by atoms with van der Waals surface area (Å²) < 4.78 is 28.5. The molecule has 1 aliphatic rings. The van der Waals surface area contributed by atoms with Crippen molar-refractivity contribution in [3.63, 3.8) is 0 Å². The first-order chi connectivity index (χ1) is 13.2. The smallest absolute Gasteiger partial charge is 0.335 e. The van der Waals surface area contributed by atoms with Crippen molar-refractivity contribution in [2.75, 3.05) is 42.8 Å². The fourth-order valence-electron chi connectivity index (χ4n) is 3.16. The summed E-state index contributed by atoms with van der Waals surface area (Å²) in [4.78, 5) is 15.8. The molecule has 0 aromatic heterocycles. The molecule has 7 nitrogen and oxygen atoms in total. The maximum atomic E-state index is 12.9. The molecule has 2 N–H and O–H groups in total. The van der Waals surface area contributed by atoms with Gasteiger partial charge in [0.15, 0.2) is 0 Å². The number of hydrogen-bond acceptors (Lipinski definition) is 5. The van der Waals surface area contributed by atoms with Crippen molar-refractivity contribution < 1.29 is 18.3 Å². The van der Waals surface area contributed by atoms with Crippen molar-refractivity contribution in [3.8, 4) is 0 Å². The van der Waals surface area contributed by atoms with Gasteiger partial charge in [-0.15, -0.1) is 0 Å². The number of rotatable bonds is 5. The van der Waals surface area contributed by atoms with Gasteiger partial charge in [0, 0.05) is 26.2 Å². The van der Waals surface area contributed by atoms with Crippen molar-refractivity contribution in [3.05, 3.63) is 53.1 Å². The first-order valence-electron chi connectivity index (χ1n) is 9.08. The number of piperazine rings is 1. The van der Waals surface area contributed by atoms with E-state index >= 15 is 0 Å². The number of nitrogens with one attached hydrogen (secondary N) is 1. The van der Waals surface area contributed by atoms with E-state index < -0.39 is 16.0 Å². The molecular weight excluding hydrogens is 378 g/mol. The SMILES string of the molecule is Cc1ccc(S(=O)(=O)Nc2cc(C(=O)O)ccc2N2CCN(C)CC2)cc1C. The maximum Gasteiger partial charge on any atom is 0.335 e. The molecule has 2 aromatic carbocycles. The van der Waals surface area contributed by atoms with Gasteiger partial charge in [-0.1, -0.05) is 6.07 Å². The number of benzene rings is 2. The molecule has 150 valence electrons. The zero-order chi connectivity index (χ0) is 20.5. The fraction of sp³-hybridized carbons (Fsp3) is 0.350. The van der Waals surface area contributed by atoms with E-state index in [9.17, 15) is 18.3 Å². The maximum absolute atomic E-state index is 12.9. The molecule has 2 aromatic rings. The van der Waals surface area contributed by atoms with Gasteiger partial charge in [0.25, 0.3) is 10.0 Å². The lowest BCUT2D eigenvalue weighted by Gasteiger charge is -2.35. The summed E-state index contributed by atoms with van der Waals surface area (Å²) in [5.74, 6) is -1.10. The summed E-state index contributed by atoms with van der Waals surface area (Å²) in [6.45, 7) is 6.95. The summed E-state index contributed by atoms with van der Waals surface area (Å²) in [7, 11) is -1.81. The zero-order valence-corrected chi connectivity index (χ0v) is 17.1. The van der Waals surface area contributed by atoms with Gasteiger partial charge in [-0.2, -0.15) is 0 Å². The Morgan fingerprint density at radius 3 is 2.29 bits per heavy atom.